The van der Waals surface area contributed by atoms with E-state index in [1.807, 2.05) is 0 Å². The fraction of sp³-hybridized carbons (Fsp3) is 0.500. The van der Waals surface area contributed by atoms with Crippen LogP contribution in [0.2, 0.25) is 0 Å². The second-order valence-corrected chi connectivity index (χ2v) is 1.61. The monoisotopic (exact) mass is 215 g/mol. The largest absolute Gasteiger partial charge is 0.481 e. The molecule has 0 aliphatic carbocycles. The minimum absolute atomic E-state index is 0. The van der Waals surface area contributed by atoms with Gasteiger partial charge in [-0.25, -0.2) is 0 Å². The van der Waals surface area contributed by atoms with Crippen molar-refractivity contribution in [3.05, 3.63) is 0 Å². The smallest absolute Gasteiger partial charge is 0.314 e. The van der Waals surface area contributed by atoms with Crippen LogP contribution in [0.15, 0.2) is 0 Å². The number of carbonyl (C=O) groups is 2. The lowest BCUT2D eigenvalue weighted by atomic mass is 10.8. The highest BCUT2D eigenvalue weighted by molar-refractivity contribution is 9.09. The molecule has 0 aromatic carbocycles. The summed E-state index contributed by atoms with van der Waals surface area (Å²) in [5, 5.41) is 15.1. The van der Waals surface area contributed by atoms with E-state index in [1.165, 1.54) is 0 Å². The number of hydrogen-bond acceptors (Lipinski definition) is 3. The summed E-state index contributed by atoms with van der Waals surface area (Å²) < 4.78 is 0. The molecule has 5 N–H and O–H groups in total. The highest BCUT2D eigenvalue weighted by Gasteiger charge is 1.83. The van der Waals surface area contributed by atoms with E-state index in [2.05, 4.69) is 15.9 Å². The lowest BCUT2D eigenvalue weighted by Gasteiger charge is -1.70. The van der Waals surface area contributed by atoms with Crippen LogP contribution in [0.5, 0.6) is 0 Å². The third kappa shape index (κ3) is 158. The maximum atomic E-state index is 9.32. The molecular weight excluding hydrogens is 206 g/mol. The normalized spacial score (nSPS) is 6.20. The summed E-state index contributed by atoms with van der Waals surface area (Å²) in [6.45, 7) is 1.08. The Morgan fingerprint density at radius 3 is 1.50 bits per heavy atom. The molecule has 0 atom stereocenters. The standard InChI is InChI=1S/C2H3BrO2.C2H4O2.H3N/c3-1-2(4)5;1-2(3)4;/h1H2,(H,4,5);1H3,(H,3,4);1H3. The summed E-state index contributed by atoms with van der Waals surface area (Å²) in [7, 11) is 0. The Kier molecular flexibility index (Phi) is 18.1. The van der Waals surface area contributed by atoms with Crippen LogP contribution in [0.25, 0.3) is 0 Å². The zero-order valence-electron chi connectivity index (χ0n) is 5.50. The number of carboxylic acids is 2. The molecule has 0 amide bonds. The van der Waals surface area contributed by atoms with Crippen molar-refractivity contribution < 1.29 is 19.8 Å². The molecule has 0 aromatic heterocycles. The van der Waals surface area contributed by atoms with Gasteiger partial charge in [-0.15, -0.1) is 0 Å². The zero-order valence-corrected chi connectivity index (χ0v) is 7.09. The van der Waals surface area contributed by atoms with Gasteiger partial charge in [0.05, 0.1) is 0 Å². The van der Waals surface area contributed by atoms with Crippen molar-refractivity contribution in [3.8, 4) is 0 Å². The molecule has 0 heterocycles. The molecule has 0 spiro atoms. The number of halogens is 1. The van der Waals surface area contributed by atoms with Crippen LogP contribution >= 0.6 is 15.9 Å². The summed E-state index contributed by atoms with van der Waals surface area (Å²) in [6, 6.07) is 0. The first kappa shape index (κ1) is 16.2. The molecule has 0 saturated heterocycles. The Labute approximate surface area is 66.8 Å². The Morgan fingerprint density at radius 1 is 1.40 bits per heavy atom. The highest BCUT2D eigenvalue weighted by Crippen LogP contribution is 1.73. The van der Waals surface area contributed by atoms with Gasteiger partial charge in [-0.2, -0.15) is 0 Å². The Balaban J connectivity index is -0.0000000910. The summed E-state index contributed by atoms with van der Waals surface area (Å²) in [5.74, 6) is -1.66. The van der Waals surface area contributed by atoms with E-state index >= 15 is 0 Å². The fourth-order valence-corrected chi connectivity index (χ4v) is 0. The van der Waals surface area contributed by atoms with Gasteiger partial charge in [0.15, 0.2) is 0 Å². The molecule has 62 valence electrons. The third-order valence-electron chi connectivity index (χ3n) is 0.114. The SMILES string of the molecule is CC(=O)O.N.O=C(O)CBr. The predicted octanol–water partition coefficient (Wildman–Crippen LogP) is 0.719. The van der Waals surface area contributed by atoms with Gasteiger partial charge in [0, 0.05) is 6.92 Å². The molecule has 0 bridgehead atoms. The van der Waals surface area contributed by atoms with Gasteiger partial charge >= 0.3 is 5.97 Å². The molecule has 0 radical (unpaired) electrons. The minimum Gasteiger partial charge on any atom is -0.481 e. The van der Waals surface area contributed by atoms with E-state index in [0.29, 0.717) is 0 Å². The predicted molar refractivity (Wildman–Crippen MR) is 39.8 cm³/mol. The van der Waals surface area contributed by atoms with Crippen molar-refractivity contribution in [1.29, 1.82) is 0 Å². The van der Waals surface area contributed by atoms with E-state index in [1.54, 1.807) is 0 Å². The van der Waals surface area contributed by atoms with Crippen LogP contribution in [0, 0.1) is 0 Å². The van der Waals surface area contributed by atoms with Crippen molar-refractivity contribution in [1.82, 2.24) is 6.15 Å². The van der Waals surface area contributed by atoms with E-state index in [9.17, 15) is 4.79 Å². The lowest BCUT2D eigenvalue weighted by Crippen LogP contribution is -1.92. The van der Waals surface area contributed by atoms with Crippen LogP contribution < -0.4 is 6.15 Å². The maximum Gasteiger partial charge on any atom is 0.314 e. The average Bonchev–Trinajstić information content (AvgIpc) is 1.65. The molecule has 0 aliphatic heterocycles. The van der Waals surface area contributed by atoms with Gasteiger partial charge < -0.3 is 16.4 Å². The van der Waals surface area contributed by atoms with Crippen LogP contribution in [-0.4, -0.2) is 27.5 Å². The van der Waals surface area contributed by atoms with E-state index in [4.69, 9.17) is 15.0 Å². The molecule has 10 heavy (non-hydrogen) atoms. The molecule has 0 rings (SSSR count). The molecule has 0 fully saturated rings. The zero-order chi connectivity index (χ0) is 7.86. The van der Waals surface area contributed by atoms with Crippen molar-refractivity contribution in [2.75, 3.05) is 5.33 Å². The summed E-state index contributed by atoms with van der Waals surface area (Å²) in [5.41, 5.74) is 0. The van der Waals surface area contributed by atoms with E-state index < -0.39 is 11.9 Å². The molecule has 6 heteroatoms. The van der Waals surface area contributed by atoms with Gasteiger partial charge in [0.2, 0.25) is 0 Å². The highest BCUT2D eigenvalue weighted by atomic mass is 79.9. The first-order valence-electron chi connectivity index (χ1n) is 1.98. The second-order valence-electron chi connectivity index (χ2n) is 1.05. The van der Waals surface area contributed by atoms with Crippen LogP contribution in [0.1, 0.15) is 6.92 Å². The molecule has 5 nitrogen and oxygen atoms in total. The van der Waals surface area contributed by atoms with Gasteiger partial charge in [-0.3, -0.25) is 9.59 Å². The second kappa shape index (κ2) is 11.2. The first-order valence-corrected chi connectivity index (χ1v) is 3.10. The first-order chi connectivity index (χ1) is 4.00. The Hall–Kier alpha value is -0.620. The number of carboxylic acid groups (broad SMARTS) is 2. The van der Waals surface area contributed by atoms with Crippen molar-refractivity contribution in [3.63, 3.8) is 0 Å². The fourth-order valence-electron chi connectivity index (χ4n) is 0. The van der Waals surface area contributed by atoms with Gasteiger partial charge in [0.25, 0.3) is 5.97 Å². The van der Waals surface area contributed by atoms with Crippen LogP contribution in [0.3, 0.4) is 0 Å². The van der Waals surface area contributed by atoms with Crippen molar-refractivity contribution in [2.24, 2.45) is 0 Å². The number of aliphatic carboxylic acids is 2. The third-order valence-corrected chi connectivity index (χ3v) is 0.594. The minimum atomic E-state index is -0.833. The Bertz CT molecular complexity index is 101. The topological polar surface area (TPSA) is 110 Å². The van der Waals surface area contributed by atoms with E-state index in [-0.39, 0.29) is 11.5 Å². The van der Waals surface area contributed by atoms with E-state index in [0.717, 1.165) is 6.92 Å². The van der Waals surface area contributed by atoms with Crippen LogP contribution in [0.4, 0.5) is 0 Å². The number of alkyl halides is 1. The lowest BCUT2D eigenvalue weighted by molar-refractivity contribution is -0.135. The number of rotatable bonds is 1. The van der Waals surface area contributed by atoms with Crippen molar-refractivity contribution in [2.45, 2.75) is 6.92 Å². The van der Waals surface area contributed by atoms with Crippen LogP contribution in [-0.2, 0) is 9.59 Å². The van der Waals surface area contributed by atoms with Gasteiger partial charge in [-0.05, 0) is 0 Å². The molecular formula is C4H10BrNO4. The molecule has 0 aromatic rings. The molecule has 0 unspecified atom stereocenters. The molecule has 0 saturated carbocycles. The van der Waals surface area contributed by atoms with Gasteiger partial charge in [-0.1, -0.05) is 15.9 Å². The number of hydrogen-bond donors (Lipinski definition) is 3. The van der Waals surface area contributed by atoms with Crippen molar-refractivity contribution >= 4 is 27.9 Å². The van der Waals surface area contributed by atoms with Gasteiger partial charge in [0.1, 0.15) is 5.33 Å². The Morgan fingerprint density at radius 2 is 1.50 bits per heavy atom. The summed E-state index contributed by atoms with van der Waals surface area (Å²) >= 11 is 2.71. The summed E-state index contributed by atoms with van der Waals surface area (Å²) in [4.78, 5) is 18.3. The maximum absolute atomic E-state index is 9.32. The molecule has 0 aliphatic rings. The quantitative estimate of drug-likeness (QED) is 0.559. The average molecular weight is 216 g/mol. The summed E-state index contributed by atoms with van der Waals surface area (Å²) in [6.07, 6.45) is 0.